The Morgan fingerprint density at radius 1 is 0.917 bits per heavy atom. The second kappa shape index (κ2) is 6.51. The molecule has 0 fully saturated rings. The van der Waals surface area contributed by atoms with Crippen molar-refractivity contribution in [1.82, 2.24) is 25.1 Å². The summed E-state index contributed by atoms with van der Waals surface area (Å²) in [5.41, 5.74) is 3.55. The minimum Gasteiger partial charge on any atom is -0.323 e. The van der Waals surface area contributed by atoms with Crippen LogP contribution in [0.15, 0.2) is 66.7 Å². The maximum absolute atomic E-state index is 4.70. The van der Waals surface area contributed by atoms with Crippen LogP contribution in [-0.2, 0) is 0 Å². The second-order valence-corrected chi connectivity index (χ2v) is 5.88. The molecule has 4 rings (SSSR count). The van der Waals surface area contributed by atoms with Crippen molar-refractivity contribution in [3.05, 3.63) is 66.7 Å². The molecule has 24 heavy (non-hydrogen) atoms. The summed E-state index contributed by atoms with van der Waals surface area (Å²) in [6.07, 6.45) is 8.63. The molecule has 0 spiro atoms. The van der Waals surface area contributed by atoms with Crippen LogP contribution < -0.4 is 5.32 Å². The van der Waals surface area contributed by atoms with Crippen LogP contribution in [-0.4, -0.2) is 25.1 Å². The summed E-state index contributed by atoms with van der Waals surface area (Å²) in [4.78, 5) is 14.3. The van der Waals surface area contributed by atoms with Gasteiger partial charge in [0.2, 0.25) is 5.95 Å². The number of aromatic nitrogens is 5. The summed E-state index contributed by atoms with van der Waals surface area (Å²) in [6.45, 7) is 0. The van der Waals surface area contributed by atoms with Crippen molar-refractivity contribution >= 4 is 23.0 Å². The Labute approximate surface area is 142 Å². The highest BCUT2D eigenvalue weighted by molar-refractivity contribution is 7.13. The molecule has 7 heteroatoms. The zero-order chi connectivity index (χ0) is 16.2. The van der Waals surface area contributed by atoms with Crippen molar-refractivity contribution in [2.24, 2.45) is 0 Å². The molecule has 0 saturated heterocycles. The Kier molecular flexibility index (Phi) is 3.91. The summed E-state index contributed by atoms with van der Waals surface area (Å²) in [6, 6.07) is 9.72. The number of hydrogen-bond donors (Lipinski definition) is 1. The molecule has 0 aliphatic carbocycles. The van der Waals surface area contributed by atoms with Crippen LogP contribution >= 0.6 is 11.3 Å². The molecule has 4 aromatic heterocycles. The van der Waals surface area contributed by atoms with E-state index in [1.165, 1.54) is 0 Å². The quantitative estimate of drug-likeness (QED) is 0.612. The standard InChI is InChI=1S/C17H12N6S/c1-3-13(10-18-6-1)22-17-19-11-14(12-5-7-20-21-9-12)16(23-17)15-4-2-8-24-15/h1-11H,(H,19,22,23). The molecule has 1 N–H and O–H groups in total. The normalized spacial score (nSPS) is 10.5. The molecular weight excluding hydrogens is 320 g/mol. The van der Waals surface area contributed by atoms with Crippen molar-refractivity contribution in [3.63, 3.8) is 0 Å². The van der Waals surface area contributed by atoms with Crippen LogP contribution in [0.5, 0.6) is 0 Å². The molecule has 0 aliphatic rings. The zero-order valence-electron chi connectivity index (χ0n) is 12.5. The van der Waals surface area contributed by atoms with E-state index in [0.29, 0.717) is 5.95 Å². The molecular formula is C17H12N6S. The number of anilines is 2. The van der Waals surface area contributed by atoms with E-state index in [9.17, 15) is 0 Å². The predicted molar refractivity (Wildman–Crippen MR) is 93.9 cm³/mol. The Balaban J connectivity index is 1.78. The van der Waals surface area contributed by atoms with E-state index in [1.54, 1.807) is 42.3 Å². The molecule has 0 aliphatic heterocycles. The number of hydrogen-bond acceptors (Lipinski definition) is 7. The lowest BCUT2D eigenvalue weighted by molar-refractivity contribution is 1.03. The largest absolute Gasteiger partial charge is 0.323 e. The summed E-state index contributed by atoms with van der Waals surface area (Å²) >= 11 is 1.63. The Hall–Kier alpha value is -3.19. The smallest absolute Gasteiger partial charge is 0.227 e. The highest BCUT2D eigenvalue weighted by Gasteiger charge is 2.13. The SMILES string of the molecule is c1cncc(Nc2ncc(-c3ccnnc3)c(-c3cccs3)n2)c1. The first-order valence-corrected chi connectivity index (χ1v) is 8.13. The molecule has 0 saturated carbocycles. The summed E-state index contributed by atoms with van der Waals surface area (Å²) in [5.74, 6) is 0.525. The van der Waals surface area contributed by atoms with Crippen molar-refractivity contribution in [1.29, 1.82) is 0 Å². The molecule has 0 bridgehead atoms. The highest BCUT2D eigenvalue weighted by Crippen LogP contribution is 2.33. The minimum atomic E-state index is 0.525. The van der Waals surface area contributed by atoms with Gasteiger partial charge < -0.3 is 5.32 Å². The van der Waals surface area contributed by atoms with E-state index in [2.05, 4.69) is 25.5 Å². The highest BCUT2D eigenvalue weighted by atomic mass is 32.1. The molecule has 0 unspecified atom stereocenters. The second-order valence-electron chi connectivity index (χ2n) is 4.93. The van der Waals surface area contributed by atoms with E-state index in [4.69, 9.17) is 4.98 Å². The molecule has 0 atom stereocenters. The van der Waals surface area contributed by atoms with E-state index >= 15 is 0 Å². The van der Waals surface area contributed by atoms with Crippen LogP contribution in [0.3, 0.4) is 0 Å². The Bertz CT molecular complexity index is 926. The average molecular weight is 332 g/mol. The lowest BCUT2D eigenvalue weighted by Crippen LogP contribution is -2.00. The number of thiophene rings is 1. The van der Waals surface area contributed by atoms with Gasteiger partial charge in [-0.2, -0.15) is 10.2 Å². The molecule has 0 aromatic carbocycles. The molecule has 6 nitrogen and oxygen atoms in total. The van der Waals surface area contributed by atoms with Crippen LogP contribution in [0.4, 0.5) is 11.6 Å². The van der Waals surface area contributed by atoms with E-state index < -0.39 is 0 Å². The fourth-order valence-electron chi connectivity index (χ4n) is 2.27. The lowest BCUT2D eigenvalue weighted by Gasteiger charge is -2.10. The van der Waals surface area contributed by atoms with Crippen LogP contribution in [0.2, 0.25) is 0 Å². The first-order chi connectivity index (χ1) is 11.9. The Morgan fingerprint density at radius 2 is 1.92 bits per heavy atom. The maximum atomic E-state index is 4.70. The van der Waals surface area contributed by atoms with Gasteiger partial charge in [0.25, 0.3) is 0 Å². The van der Waals surface area contributed by atoms with Gasteiger partial charge in [0.1, 0.15) is 0 Å². The first kappa shape index (κ1) is 14.4. The third-order valence-electron chi connectivity index (χ3n) is 3.36. The van der Waals surface area contributed by atoms with Gasteiger partial charge in [0, 0.05) is 23.5 Å². The fraction of sp³-hybridized carbons (Fsp3) is 0. The molecule has 0 amide bonds. The number of pyridine rings is 1. The Morgan fingerprint density at radius 3 is 2.67 bits per heavy atom. The van der Waals surface area contributed by atoms with Crippen molar-refractivity contribution < 1.29 is 0 Å². The van der Waals surface area contributed by atoms with Crippen molar-refractivity contribution in [2.75, 3.05) is 5.32 Å². The maximum Gasteiger partial charge on any atom is 0.227 e. The molecule has 4 heterocycles. The molecule has 116 valence electrons. The van der Waals surface area contributed by atoms with Crippen molar-refractivity contribution in [3.8, 4) is 21.7 Å². The lowest BCUT2D eigenvalue weighted by atomic mass is 10.1. The van der Waals surface area contributed by atoms with Gasteiger partial charge in [-0.3, -0.25) is 4.98 Å². The number of nitrogens with one attached hydrogen (secondary N) is 1. The van der Waals surface area contributed by atoms with E-state index in [0.717, 1.165) is 27.4 Å². The van der Waals surface area contributed by atoms with Gasteiger partial charge in [-0.15, -0.1) is 11.3 Å². The van der Waals surface area contributed by atoms with Gasteiger partial charge in [0.05, 0.1) is 34.8 Å². The topological polar surface area (TPSA) is 76.5 Å². The first-order valence-electron chi connectivity index (χ1n) is 7.25. The van der Waals surface area contributed by atoms with E-state index in [-0.39, 0.29) is 0 Å². The van der Waals surface area contributed by atoms with Gasteiger partial charge in [-0.1, -0.05) is 6.07 Å². The zero-order valence-corrected chi connectivity index (χ0v) is 13.3. The fourth-order valence-corrected chi connectivity index (χ4v) is 3.00. The molecule has 4 aromatic rings. The average Bonchev–Trinajstić information content (AvgIpc) is 3.18. The van der Waals surface area contributed by atoms with Crippen LogP contribution in [0.25, 0.3) is 21.7 Å². The number of rotatable bonds is 4. The van der Waals surface area contributed by atoms with E-state index in [1.807, 2.05) is 35.7 Å². The minimum absolute atomic E-state index is 0.525. The monoisotopic (exact) mass is 332 g/mol. The number of nitrogens with zero attached hydrogens (tertiary/aromatic N) is 5. The third kappa shape index (κ3) is 2.97. The van der Waals surface area contributed by atoms with Gasteiger partial charge in [0.15, 0.2) is 0 Å². The summed E-state index contributed by atoms with van der Waals surface area (Å²) in [7, 11) is 0. The molecule has 0 radical (unpaired) electrons. The summed E-state index contributed by atoms with van der Waals surface area (Å²) in [5, 5.41) is 13.0. The van der Waals surface area contributed by atoms with Crippen LogP contribution in [0.1, 0.15) is 0 Å². The van der Waals surface area contributed by atoms with Crippen molar-refractivity contribution in [2.45, 2.75) is 0 Å². The van der Waals surface area contributed by atoms with Gasteiger partial charge in [-0.25, -0.2) is 9.97 Å². The van der Waals surface area contributed by atoms with Gasteiger partial charge in [-0.05, 0) is 29.6 Å². The van der Waals surface area contributed by atoms with Gasteiger partial charge >= 0.3 is 0 Å². The predicted octanol–water partition coefficient (Wildman–Crippen LogP) is 3.80. The van der Waals surface area contributed by atoms with Crippen LogP contribution in [0, 0.1) is 0 Å². The summed E-state index contributed by atoms with van der Waals surface area (Å²) < 4.78 is 0. The third-order valence-corrected chi connectivity index (χ3v) is 4.23.